The SMILES string of the molecule is Cc1cc(C)c(-c2cc(C(=O)NCc3ccccc3F)nn2C)c(C)c1. The van der Waals surface area contributed by atoms with E-state index in [2.05, 4.69) is 43.3 Å². The predicted molar refractivity (Wildman–Crippen MR) is 100 cm³/mol. The van der Waals surface area contributed by atoms with Gasteiger partial charge in [-0.25, -0.2) is 4.39 Å². The van der Waals surface area contributed by atoms with E-state index < -0.39 is 0 Å². The van der Waals surface area contributed by atoms with Crippen LogP contribution in [0.2, 0.25) is 0 Å². The van der Waals surface area contributed by atoms with E-state index >= 15 is 0 Å². The smallest absolute Gasteiger partial charge is 0.272 e. The van der Waals surface area contributed by atoms with E-state index in [-0.39, 0.29) is 18.3 Å². The number of carbonyl (C=O) groups excluding carboxylic acids is 1. The third-order valence-corrected chi connectivity index (χ3v) is 4.44. The molecule has 3 aromatic rings. The van der Waals surface area contributed by atoms with Crippen LogP contribution in [0.15, 0.2) is 42.5 Å². The van der Waals surface area contributed by atoms with Crippen molar-refractivity contribution in [3.8, 4) is 11.3 Å². The van der Waals surface area contributed by atoms with Crippen molar-refractivity contribution in [2.45, 2.75) is 27.3 Å². The molecule has 0 aliphatic carbocycles. The zero-order valence-corrected chi connectivity index (χ0v) is 15.4. The fraction of sp³-hybridized carbons (Fsp3) is 0.238. The number of rotatable bonds is 4. The van der Waals surface area contributed by atoms with Crippen LogP contribution in [0, 0.1) is 26.6 Å². The van der Waals surface area contributed by atoms with Crippen molar-refractivity contribution < 1.29 is 9.18 Å². The number of nitrogens with one attached hydrogen (secondary N) is 1. The van der Waals surface area contributed by atoms with Gasteiger partial charge < -0.3 is 5.32 Å². The summed E-state index contributed by atoms with van der Waals surface area (Å²) < 4.78 is 15.4. The Bertz CT molecular complexity index is 952. The maximum Gasteiger partial charge on any atom is 0.272 e. The lowest BCUT2D eigenvalue weighted by molar-refractivity contribution is 0.0945. The average Bonchev–Trinajstić information content (AvgIpc) is 2.95. The molecule has 1 aromatic heterocycles. The lowest BCUT2D eigenvalue weighted by atomic mass is 9.97. The van der Waals surface area contributed by atoms with E-state index in [4.69, 9.17) is 0 Å². The second kappa shape index (κ2) is 7.12. The summed E-state index contributed by atoms with van der Waals surface area (Å²) in [5.74, 6) is -0.655. The Hall–Kier alpha value is -2.95. The first-order valence-electron chi connectivity index (χ1n) is 8.50. The molecule has 1 N–H and O–H groups in total. The number of aryl methyl sites for hydroxylation is 4. The molecule has 0 aliphatic rings. The molecule has 1 heterocycles. The molecule has 0 fully saturated rings. The fourth-order valence-electron chi connectivity index (χ4n) is 3.30. The Morgan fingerprint density at radius 2 is 1.77 bits per heavy atom. The number of hydrogen-bond acceptors (Lipinski definition) is 2. The molecule has 1 amide bonds. The van der Waals surface area contributed by atoms with E-state index in [0.717, 1.165) is 22.4 Å². The van der Waals surface area contributed by atoms with Gasteiger partial charge in [0, 0.05) is 24.7 Å². The maximum absolute atomic E-state index is 13.7. The highest BCUT2D eigenvalue weighted by atomic mass is 19.1. The van der Waals surface area contributed by atoms with Gasteiger partial charge in [-0.15, -0.1) is 0 Å². The molecule has 0 unspecified atom stereocenters. The highest BCUT2D eigenvalue weighted by Crippen LogP contribution is 2.28. The molecular weight excluding hydrogens is 329 g/mol. The monoisotopic (exact) mass is 351 g/mol. The van der Waals surface area contributed by atoms with Crippen molar-refractivity contribution in [2.24, 2.45) is 7.05 Å². The van der Waals surface area contributed by atoms with Gasteiger partial charge in [0.2, 0.25) is 0 Å². The molecule has 26 heavy (non-hydrogen) atoms. The topological polar surface area (TPSA) is 46.9 Å². The van der Waals surface area contributed by atoms with Gasteiger partial charge in [0.25, 0.3) is 5.91 Å². The van der Waals surface area contributed by atoms with Crippen molar-refractivity contribution in [1.29, 1.82) is 0 Å². The molecule has 4 nitrogen and oxygen atoms in total. The standard InChI is InChI=1S/C21H22FN3O/c1-13-9-14(2)20(15(3)10-13)19-11-18(24-25(19)4)21(26)23-12-16-7-5-6-8-17(16)22/h5-11H,12H2,1-4H3,(H,23,26). The molecule has 2 aromatic carbocycles. The predicted octanol–water partition coefficient (Wildman–Crippen LogP) is 4.08. The van der Waals surface area contributed by atoms with Crippen LogP contribution in [0.3, 0.4) is 0 Å². The second-order valence-corrected chi connectivity index (χ2v) is 6.59. The number of amides is 1. The van der Waals surface area contributed by atoms with E-state index in [1.54, 1.807) is 28.9 Å². The van der Waals surface area contributed by atoms with Crippen molar-refractivity contribution in [2.75, 3.05) is 0 Å². The normalized spacial score (nSPS) is 10.8. The Labute approximate surface area is 152 Å². The number of carbonyl (C=O) groups is 1. The molecule has 134 valence electrons. The van der Waals surface area contributed by atoms with Crippen LogP contribution in [0.1, 0.15) is 32.7 Å². The molecule has 0 saturated heterocycles. The molecule has 5 heteroatoms. The Balaban J connectivity index is 1.84. The number of halogens is 1. The summed E-state index contributed by atoms with van der Waals surface area (Å²) in [5, 5.41) is 7.07. The first kappa shape index (κ1) is 17.9. The fourth-order valence-corrected chi connectivity index (χ4v) is 3.30. The average molecular weight is 351 g/mol. The van der Waals surface area contributed by atoms with Crippen LogP contribution < -0.4 is 5.32 Å². The van der Waals surface area contributed by atoms with Gasteiger partial charge in [-0.2, -0.15) is 5.10 Å². The van der Waals surface area contributed by atoms with Crippen LogP contribution in [0.25, 0.3) is 11.3 Å². The quantitative estimate of drug-likeness (QED) is 0.770. The van der Waals surface area contributed by atoms with E-state index in [1.807, 2.05) is 7.05 Å². The zero-order chi connectivity index (χ0) is 18.8. The molecule has 0 radical (unpaired) electrons. The van der Waals surface area contributed by atoms with Gasteiger partial charge in [0.1, 0.15) is 5.82 Å². The van der Waals surface area contributed by atoms with Crippen LogP contribution in [-0.2, 0) is 13.6 Å². The molecule has 0 aliphatic heterocycles. The molecule has 3 rings (SSSR count). The molecular formula is C21H22FN3O. The van der Waals surface area contributed by atoms with E-state index in [1.165, 1.54) is 11.6 Å². The van der Waals surface area contributed by atoms with Gasteiger partial charge in [-0.3, -0.25) is 9.48 Å². The van der Waals surface area contributed by atoms with Gasteiger partial charge in [0.15, 0.2) is 5.69 Å². The van der Waals surface area contributed by atoms with E-state index in [9.17, 15) is 9.18 Å². The number of hydrogen-bond donors (Lipinski definition) is 1. The van der Waals surface area contributed by atoms with Gasteiger partial charge in [-0.1, -0.05) is 35.9 Å². The molecule has 0 atom stereocenters. The summed E-state index contributed by atoms with van der Waals surface area (Å²) in [4.78, 5) is 12.4. The Morgan fingerprint density at radius 1 is 1.12 bits per heavy atom. The van der Waals surface area contributed by atoms with Crippen LogP contribution in [0.4, 0.5) is 4.39 Å². The van der Waals surface area contributed by atoms with Crippen LogP contribution >= 0.6 is 0 Å². The minimum Gasteiger partial charge on any atom is -0.346 e. The second-order valence-electron chi connectivity index (χ2n) is 6.59. The number of benzene rings is 2. The van der Waals surface area contributed by atoms with Gasteiger partial charge >= 0.3 is 0 Å². The zero-order valence-electron chi connectivity index (χ0n) is 15.4. The first-order chi connectivity index (χ1) is 12.4. The Kier molecular flexibility index (Phi) is 4.89. The highest BCUT2D eigenvalue weighted by Gasteiger charge is 2.17. The van der Waals surface area contributed by atoms with Crippen LogP contribution in [0.5, 0.6) is 0 Å². The Morgan fingerprint density at radius 3 is 2.42 bits per heavy atom. The number of aromatic nitrogens is 2. The summed E-state index contributed by atoms with van der Waals surface area (Å²) in [6, 6.07) is 12.4. The lowest BCUT2D eigenvalue weighted by Gasteiger charge is -2.11. The summed E-state index contributed by atoms with van der Waals surface area (Å²) in [5.41, 5.74) is 6.22. The van der Waals surface area contributed by atoms with Crippen molar-refractivity contribution in [3.05, 3.63) is 76.2 Å². The largest absolute Gasteiger partial charge is 0.346 e. The summed E-state index contributed by atoms with van der Waals surface area (Å²) in [7, 11) is 1.82. The van der Waals surface area contributed by atoms with Crippen molar-refractivity contribution in [1.82, 2.24) is 15.1 Å². The summed E-state index contributed by atoms with van der Waals surface area (Å²) >= 11 is 0. The van der Waals surface area contributed by atoms with E-state index in [0.29, 0.717) is 11.3 Å². The molecule has 0 bridgehead atoms. The van der Waals surface area contributed by atoms with Gasteiger partial charge in [0.05, 0.1) is 5.69 Å². The number of nitrogens with zero attached hydrogens (tertiary/aromatic N) is 2. The lowest BCUT2D eigenvalue weighted by Crippen LogP contribution is -2.23. The molecule has 0 spiro atoms. The third-order valence-electron chi connectivity index (χ3n) is 4.44. The summed E-state index contributed by atoms with van der Waals surface area (Å²) in [6.07, 6.45) is 0. The third kappa shape index (κ3) is 3.52. The maximum atomic E-state index is 13.7. The molecule has 0 saturated carbocycles. The van der Waals surface area contributed by atoms with Crippen molar-refractivity contribution >= 4 is 5.91 Å². The van der Waals surface area contributed by atoms with Gasteiger partial charge in [-0.05, 0) is 44.0 Å². The van der Waals surface area contributed by atoms with Crippen molar-refractivity contribution in [3.63, 3.8) is 0 Å². The minimum atomic E-state index is -0.333. The summed E-state index contributed by atoms with van der Waals surface area (Å²) in [6.45, 7) is 6.30. The highest BCUT2D eigenvalue weighted by molar-refractivity contribution is 5.93. The van der Waals surface area contributed by atoms with Crippen LogP contribution in [-0.4, -0.2) is 15.7 Å². The minimum absolute atomic E-state index is 0.125. The first-order valence-corrected chi connectivity index (χ1v) is 8.50.